The Balaban J connectivity index is 1.81. The Kier molecular flexibility index (Phi) is 6.28. The van der Waals surface area contributed by atoms with E-state index in [2.05, 4.69) is 33.8 Å². The number of hydrogen-bond donors (Lipinski definition) is 1. The van der Waals surface area contributed by atoms with Crippen LogP contribution in [0.5, 0.6) is 0 Å². The van der Waals surface area contributed by atoms with Crippen molar-refractivity contribution in [1.82, 2.24) is 0 Å². The molecule has 0 spiro atoms. The number of hydrogen-bond acceptors (Lipinski definition) is 3. The molecule has 0 aliphatic rings. The Morgan fingerprint density at radius 2 is 2.15 bits per heavy atom. The summed E-state index contributed by atoms with van der Waals surface area (Å²) in [6.07, 6.45) is 0.518. The van der Waals surface area contributed by atoms with Gasteiger partial charge in [-0.15, -0.1) is 11.3 Å². The van der Waals surface area contributed by atoms with Crippen molar-refractivity contribution in [3.05, 3.63) is 56.2 Å². The Morgan fingerprint density at radius 3 is 2.95 bits per heavy atom. The molecule has 0 fully saturated rings. The molecule has 20 heavy (non-hydrogen) atoms. The average molecular weight is 351 g/mol. The van der Waals surface area contributed by atoms with Crippen molar-refractivity contribution in [2.75, 3.05) is 6.61 Å². The summed E-state index contributed by atoms with van der Waals surface area (Å²) >= 11 is 5.09. The lowest BCUT2D eigenvalue weighted by molar-refractivity contribution is 0.109. The molecule has 0 aliphatic heterocycles. The average Bonchev–Trinajstić information content (AvgIpc) is 2.87. The van der Waals surface area contributed by atoms with Crippen molar-refractivity contribution in [3.8, 4) is 11.8 Å². The summed E-state index contributed by atoms with van der Waals surface area (Å²) in [6.45, 7) is 1.31. The molecular formula is C16H15BrO2S. The van der Waals surface area contributed by atoms with Crippen LogP contribution in [0.3, 0.4) is 0 Å². The smallest absolute Gasteiger partial charge is 0.0814 e. The van der Waals surface area contributed by atoms with E-state index >= 15 is 0 Å². The van der Waals surface area contributed by atoms with Gasteiger partial charge in [0.2, 0.25) is 0 Å². The lowest BCUT2D eigenvalue weighted by atomic mass is 10.2. The van der Waals surface area contributed by atoms with Crippen molar-refractivity contribution in [2.24, 2.45) is 0 Å². The minimum absolute atomic E-state index is 0.111. The number of rotatable bonds is 5. The van der Waals surface area contributed by atoms with Gasteiger partial charge < -0.3 is 9.84 Å². The van der Waals surface area contributed by atoms with Crippen molar-refractivity contribution in [1.29, 1.82) is 0 Å². The van der Waals surface area contributed by atoms with Crippen LogP contribution in [0.15, 0.2) is 40.2 Å². The molecule has 0 unspecified atom stereocenters. The largest absolute Gasteiger partial charge is 0.395 e. The molecule has 104 valence electrons. The molecule has 2 rings (SSSR count). The summed E-state index contributed by atoms with van der Waals surface area (Å²) < 4.78 is 6.77. The molecule has 0 bridgehead atoms. The monoisotopic (exact) mass is 350 g/mol. The minimum Gasteiger partial charge on any atom is -0.395 e. The normalized spacial score (nSPS) is 10.1. The lowest BCUT2D eigenvalue weighted by Gasteiger charge is -2.03. The topological polar surface area (TPSA) is 29.5 Å². The van der Waals surface area contributed by atoms with Crippen LogP contribution in [-0.4, -0.2) is 11.7 Å². The highest BCUT2D eigenvalue weighted by molar-refractivity contribution is 9.10. The Morgan fingerprint density at radius 1 is 1.25 bits per heavy atom. The lowest BCUT2D eigenvalue weighted by Crippen LogP contribution is -1.92. The van der Waals surface area contributed by atoms with Gasteiger partial charge >= 0.3 is 0 Å². The van der Waals surface area contributed by atoms with Crippen LogP contribution < -0.4 is 0 Å². The highest BCUT2D eigenvalue weighted by Crippen LogP contribution is 2.17. The third kappa shape index (κ3) is 5.10. The van der Waals surface area contributed by atoms with Gasteiger partial charge in [0.15, 0.2) is 0 Å². The Hall–Kier alpha value is -1.12. The first kappa shape index (κ1) is 15.3. The van der Waals surface area contributed by atoms with Crippen molar-refractivity contribution in [2.45, 2.75) is 19.6 Å². The van der Waals surface area contributed by atoms with E-state index in [1.165, 1.54) is 0 Å². The van der Waals surface area contributed by atoms with Gasteiger partial charge in [-0.05, 0) is 23.8 Å². The molecule has 2 nitrogen and oxygen atoms in total. The van der Waals surface area contributed by atoms with E-state index in [-0.39, 0.29) is 6.61 Å². The van der Waals surface area contributed by atoms with E-state index in [9.17, 15) is 0 Å². The summed E-state index contributed by atoms with van der Waals surface area (Å²) in [5, 5.41) is 10.7. The maximum Gasteiger partial charge on any atom is 0.0814 e. The number of ether oxygens (including phenoxy) is 1. The summed E-state index contributed by atoms with van der Waals surface area (Å²) in [7, 11) is 0. The summed E-state index contributed by atoms with van der Waals surface area (Å²) in [6, 6.07) is 10.1. The number of aliphatic hydroxyl groups excluding tert-OH is 1. The first-order valence-electron chi connectivity index (χ1n) is 6.27. The molecule has 4 heteroatoms. The third-order valence-corrected chi connectivity index (χ3v) is 3.93. The summed E-state index contributed by atoms with van der Waals surface area (Å²) in [5.74, 6) is 5.93. The highest BCUT2D eigenvalue weighted by Gasteiger charge is 1.99. The van der Waals surface area contributed by atoms with E-state index in [1.54, 1.807) is 11.3 Å². The van der Waals surface area contributed by atoms with Crippen molar-refractivity contribution >= 4 is 27.3 Å². The molecular weight excluding hydrogens is 336 g/mol. The Bertz CT molecular complexity index is 610. The first-order chi connectivity index (χ1) is 9.78. The fraction of sp³-hybridized carbons (Fsp3) is 0.250. The van der Waals surface area contributed by atoms with Gasteiger partial charge in [0, 0.05) is 26.7 Å². The zero-order chi connectivity index (χ0) is 14.2. The number of thiophene rings is 1. The maximum atomic E-state index is 8.67. The summed E-state index contributed by atoms with van der Waals surface area (Å²) in [5.41, 5.74) is 2.14. The number of benzene rings is 1. The minimum atomic E-state index is 0.111. The molecule has 1 N–H and O–H groups in total. The van der Waals surface area contributed by atoms with E-state index in [0.717, 1.165) is 20.5 Å². The third-order valence-electron chi connectivity index (χ3n) is 2.53. The van der Waals surface area contributed by atoms with Gasteiger partial charge in [0.25, 0.3) is 0 Å². The second-order valence-corrected chi connectivity index (χ2v) is 6.11. The second-order valence-electron chi connectivity index (χ2n) is 4.20. The molecule has 0 saturated carbocycles. The van der Waals surface area contributed by atoms with Gasteiger partial charge in [-0.2, -0.15) is 0 Å². The molecule has 0 amide bonds. The van der Waals surface area contributed by atoms with Crippen LogP contribution in [0.1, 0.15) is 22.4 Å². The van der Waals surface area contributed by atoms with Crippen LogP contribution in [0.4, 0.5) is 0 Å². The predicted molar refractivity (Wildman–Crippen MR) is 85.5 cm³/mol. The van der Waals surface area contributed by atoms with Crippen LogP contribution in [0.25, 0.3) is 0 Å². The van der Waals surface area contributed by atoms with Crippen molar-refractivity contribution < 1.29 is 9.84 Å². The molecule has 1 heterocycles. The molecule has 0 aliphatic carbocycles. The quantitative estimate of drug-likeness (QED) is 0.827. The molecule has 1 aromatic carbocycles. The molecule has 0 atom stereocenters. The van der Waals surface area contributed by atoms with Gasteiger partial charge in [-0.25, -0.2) is 0 Å². The Labute approximate surface area is 131 Å². The molecule has 0 saturated heterocycles. The van der Waals surface area contributed by atoms with E-state index in [0.29, 0.717) is 19.6 Å². The van der Waals surface area contributed by atoms with Gasteiger partial charge in [-0.3, -0.25) is 0 Å². The van der Waals surface area contributed by atoms with Gasteiger partial charge in [-0.1, -0.05) is 39.9 Å². The van der Waals surface area contributed by atoms with Crippen LogP contribution in [-0.2, 0) is 18.0 Å². The van der Waals surface area contributed by atoms with E-state index in [1.807, 2.05) is 29.6 Å². The molecule has 2 aromatic rings. The fourth-order valence-corrected chi connectivity index (χ4v) is 2.84. The predicted octanol–water partition coefficient (Wildman–Crippen LogP) is 3.96. The van der Waals surface area contributed by atoms with Crippen LogP contribution in [0, 0.1) is 11.8 Å². The van der Waals surface area contributed by atoms with Crippen LogP contribution in [0.2, 0.25) is 0 Å². The van der Waals surface area contributed by atoms with Crippen molar-refractivity contribution in [3.63, 3.8) is 0 Å². The summed E-state index contributed by atoms with van der Waals surface area (Å²) in [4.78, 5) is 1.16. The fourth-order valence-electron chi connectivity index (χ4n) is 1.64. The van der Waals surface area contributed by atoms with Crippen LogP contribution >= 0.6 is 27.3 Å². The second kappa shape index (κ2) is 8.23. The van der Waals surface area contributed by atoms with Gasteiger partial charge in [0.1, 0.15) is 0 Å². The maximum absolute atomic E-state index is 8.67. The number of aliphatic hydroxyl groups is 1. The standard InChI is InChI=1S/C16H15BrO2S/c17-15-6-3-5-13(8-15)10-19-11-16-9-14(12-20-16)4-1-2-7-18/h3,5-6,8-9,12,18H,2,7,10-11H2. The SMILES string of the molecule is OCCC#Cc1csc(COCc2cccc(Br)c2)c1. The number of halogens is 1. The molecule has 1 aromatic heterocycles. The van der Waals surface area contributed by atoms with E-state index < -0.39 is 0 Å². The zero-order valence-corrected chi connectivity index (χ0v) is 13.3. The first-order valence-corrected chi connectivity index (χ1v) is 7.94. The highest BCUT2D eigenvalue weighted by atomic mass is 79.9. The molecule has 0 radical (unpaired) electrons. The van der Waals surface area contributed by atoms with E-state index in [4.69, 9.17) is 9.84 Å². The van der Waals surface area contributed by atoms with Gasteiger partial charge in [0.05, 0.1) is 19.8 Å². The zero-order valence-electron chi connectivity index (χ0n) is 10.9.